The molecule has 0 aliphatic heterocycles. The molecule has 1 aromatic carbocycles. The normalized spacial score (nSPS) is 15.4. The van der Waals surface area contributed by atoms with Gasteiger partial charge in [-0.2, -0.15) is 0 Å². The fraction of sp³-hybridized carbons (Fsp3) is 0.321. The number of anilines is 2. The van der Waals surface area contributed by atoms with E-state index in [1.165, 1.54) is 35.3 Å². The number of esters is 1. The van der Waals surface area contributed by atoms with Gasteiger partial charge in [-0.25, -0.2) is 9.78 Å². The van der Waals surface area contributed by atoms with Gasteiger partial charge in [-0.15, -0.1) is 22.7 Å². The third-order valence-corrected chi connectivity index (χ3v) is 9.62. The van der Waals surface area contributed by atoms with Crippen molar-refractivity contribution in [2.24, 2.45) is 11.3 Å². The summed E-state index contributed by atoms with van der Waals surface area (Å²) in [5.41, 5.74) is 11.4. The summed E-state index contributed by atoms with van der Waals surface area (Å²) in [6, 6.07) is 9.74. The highest BCUT2D eigenvalue weighted by atomic mass is 79.9. The maximum absolute atomic E-state index is 13.4. The van der Waals surface area contributed by atoms with E-state index in [-0.39, 0.29) is 11.3 Å². The van der Waals surface area contributed by atoms with Gasteiger partial charge >= 0.3 is 5.97 Å². The SMILES string of the molecule is COC(=O)c1c(-c2ccc(Br)cc2)csc1NC(=O)c1sc2nc3c(cc2c1N)CC(C(C)(C)C)CC3. The number of amides is 1. The van der Waals surface area contributed by atoms with E-state index in [2.05, 4.69) is 48.1 Å². The molecule has 3 heterocycles. The number of nitrogen functional groups attached to an aromatic ring is 1. The molecule has 0 saturated heterocycles. The molecule has 0 saturated carbocycles. The minimum absolute atomic E-state index is 0.227. The van der Waals surface area contributed by atoms with Gasteiger partial charge < -0.3 is 15.8 Å². The Labute approximate surface area is 232 Å². The Morgan fingerprint density at radius 2 is 1.95 bits per heavy atom. The van der Waals surface area contributed by atoms with Crippen molar-refractivity contribution < 1.29 is 14.3 Å². The Kier molecular flexibility index (Phi) is 6.89. The lowest BCUT2D eigenvalue weighted by atomic mass is 9.71. The lowest BCUT2D eigenvalue weighted by Gasteiger charge is -2.34. The molecule has 0 fully saturated rings. The fourth-order valence-electron chi connectivity index (χ4n) is 4.85. The highest BCUT2D eigenvalue weighted by Gasteiger charge is 2.31. The number of nitrogens with zero attached hydrogens (tertiary/aromatic N) is 1. The summed E-state index contributed by atoms with van der Waals surface area (Å²) in [5, 5.41) is 6.00. The molecule has 1 amide bonds. The molecule has 1 aliphatic rings. The number of pyridine rings is 1. The van der Waals surface area contributed by atoms with Gasteiger partial charge in [0.15, 0.2) is 0 Å². The zero-order chi connectivity index (χ0) is 26.5. The highest BCUT2D eigenvalue weighted by molar-refractivity contribution is 9.10. The van der Waals surface area contributed by atoms with Crippen molar-refractivity contribution in [1.29, 1.82) is 0 Å². The number of benzene rings is 1. The molecule has 1 atom stereocenters. The molecule has 3 aromatic heterocycles. The van der Waals surface area contributed by atoms with Crippen LogP contribution in [0.25, 0.3) is 21.3 Å². The van der Waals surface area contributed by atoms with Crippen molar-refractivity contribution in [3.63, 3.8) is 0 Å². The van der Waals surface area contributed by atoms with Crippen molar-refractivity contribution in [3.8, 4) is 11.1 Å². The largest absolute Gasteiger partial charge is 0.465 e. The molecule has 0 radical (unpaired) electrons. The van der Waals surface area contributed by atoms with Crippen LogP contribution in [0.1, 0.15) is 58.5 Å². The van der Waals surface area contributed by atoms with E-state index < -0.39 is 5.97 Å². The molecular weight excluding hydrogens is 570 g/mol. The molecule has 9 heteroatoms. The van der Waals surface area contributed by atoms with Crippen LogP contribution in [0.4, 0.5) is 10.7 Å². The molecule has 3 N–H and O–H groups in total. The van der Waals surface area contributed by atoms with E-state index in [0.29, 0.717) is 32.6 Å². The smallest absolute Gasteiger partial charge is 0.341 e. The van der Waals surface area contributed by atoms with Crippen LogP contribution in [0.3, 0.4) is 0 Å². The van der Waals surface area contributed by atoms with E-state index in [0.717, 1.165) is 45.2 Å². The number of methoxy groups -OCH3 is 1. The second-order valence-corrected chi connectivity index (χ2v) is 13.2. The van der Waals surface area contributed by atoms with E-state index >= 15 is 0 Å². The minimum Gasteiger partial charge on any atom is -0.465 e. The number of fused-ring (bicyclic) bond motifs is 2. The zero-order valence-corrected chi connectivity index (χ0v) is 24.3. The van der Waals surface area contributed by atoms with Crippen LogP contribution in [0.5, 0.6) is 0 Å². The van der Waals surface area contributed by atoms with Gasteiger partial charge in [-0.05, 0) is 59.9 Å². The first-order valence-corrected chi connectivity index (χ1v) is 14.5. The fourth-order valence-corrected chi connectivity index (χ4v) is 7.06. The Morgan fingerprint density at radius 1 is 1.22 bits per heavy atom. The number of ether oxygens (including phenoxy) is 1. The van der Waals surface area contributed by atoms with E-state index in [9.17, 15) is 9.59 Å². The van der Waals surface area contributed by atoms with Crippen LogP contribution >= 0.6 is 38.6 Å². The Morgan fingerprint density at radius 3 is 2.62 bits per heavy atom. The molecule has 5 rings (SSSR count). The molecule has 192 valence electrons. The van der Waals surface area contributed by atoms with E-state index in [1.54, 1.807) is 0 Å². The first kappa shape index (κ1) is 25.9. The van der Waals surface area contributed by atoms with Crippen LogP contribution in [0.15, 0.2) is 40.2 Å². The molecule has 37 heavy (non-hydrogen) atoms. The lowest BCUT2D eigenvalue weighted by molar-refractivity contribution is 0.0603. The lowest BCUT2D eigenvalue weighted by Crippen LogP contribution is -2.27. The average molecular weight is 599 g/mol. The second-order valence-electron chi connectivity index (χ2n) is 10.4. The Balaban J connectivity index is 1.48. The maximum atomic E-state index is 13.4. The number of hydrogen-bond acceptors (Lipinski definition) is 7. The third-order valence-electron chi connectivity index (χ3n) is 7.08. The quantitative estimate of drug-likeness (QED) is 0.237. The van der Waals surface area contributed by atoms with Gasteiger partial charge in [0.25, 0.3) is 5.91 Å². The van der Waals surface area contributed by atoms with Crippen LogP contribution in [-0.2, 0) is 17.6 Å². The van der Waals surface area contributed by atoms with E-state index in [4.69, 9.17) is 15.5 Å². The number of carbonyl (C=O) groups is 2. The van der Waals surface area contributed by atoms with Crippen molar-refractivity contribution in [1.82, 2.24) is 4.98 Å². The van der Waals surface area contributed by atoms with Crippen LogP contribution in [0.2, 0.25) is 0 Å². The van der Waals surface area contributed by atoms with E-state index in [1.807, 2.05) is 29.6 Å². The second kappa shape index (κ2) is 9.85. The molecule has 0 bridgehead atoms. The number of nitrogens with two attached hydrogens (primary N) is 1. The van der Waals surface area contributed by atoms with Gasteiger partial charge in [-0.3, -0.25) is 4.79 Å². The summed E-state index contributed by atoms with van der Waals surface area (Å²) in [6.07, 6.45) is 3.01. The summed E-state index contributed by atoms with van der Waals surface area (Å²) < 4.78 is 5.98. The first-order valence-electron chi connectivity index (χ1n) is 12.0. The molecule has 1 aliphatic carbocycles. The standard InChI is InChI=1S/C28H28BrN3O3S2/c1-28(2,3)16-7-10-20-15(11-16)12-18-22(30)23(37-25(18)31-20)24(33)32-26-21(27(34)35-4)19(13-36-26)14-5-8-17(29)9-6-14/h5-6,8-9,12-13,16H,7,10-11,30H2,1-4H3,(H,32,33). The summed E-state index contributed by atoms with van der Waals surface area (Å²) in [6.45, 7) is 6.85. The minimum atomic E-state index is -0.512. The topological polar surface area (TPSA) is 94.3 Å². The summed E-state index contributed by atoms with van der Waals surface area (Å²) >= 11 is 6.01. The van der Waals surface area contributed by atoms with Gasteiger partial charge in [0, 0.05) is 26.5 Å². The van der Waals surface area contributed by atoms with Crippen molar-refractivity contribution in [2.75, 3.05) is 18.2 Å². The van der Waals surface area contributed by atoms with Gasteiger partial charge in [-0.1, -0.05) is 48.8 Å². The third kappa shape index (κ3) is 4.92. The number of rotatable bonds is 4. The van der Waals surface area contributed by atoms with Crippen molar-refractivity contribution in [2.45, 2.75) is 40.0 Å². The van der Waals surface area contributed by atoms with Crippen molar-refractivity contribution in [3.05, 3.63) is 61.9 Å². The number of thiophene rings is 2. The first-order chi connectivity index (χ1) is 17.6. The number of halogens is 1. The van der Waals surface area contributed by atoms with Gasteiger partial charge in [0.2, 0.25) is 0 Å². The van der Waals surface area contributed by atoms with Gasteiger partial charge in [0.1, 0.15) is 20.3 Å². The summed E-state index contributed by atoms with van der Waals surface area (Å²) in [4.78, 5) is 32.2. The number of hydrogen-bond donors (Lipinski definition) is 2. The van der Waals surface area contributed by atoms with Crippen LogP contribution in [-0.4, -0.2) is 24.0 Å². The Bertz CT molecular complexity index is 1520. The van der Waals surface area contributed by atoms with Crippen LogP contribution < -0.4 is 11.1 Å². The number of nitrogens with one attached hydrogen (secondary N) is 1. The number of aryl methyl sites for hydroxylation is 1. The highest BCUT2D eigenvalue weighted by Crippen LogP contribution is 2.41. The molecule has 0 spiro atoms. The molecule has 1 unspecified atom stereocenters. The Hall–Kier alpha value is -2.75. The average Bonchev–Trinajstić information content (AvgIpc) is 3.42. The number of carbonyl (C=O) groups excluding carboxylic acids is 2. The monoisotopic (exact) mass is 597 g/mol. The van der Waals surface area contributed by atoms with Crippen LogP contribution in [0, 0.1) is 11.3 Å². The maximum Gasteiger partial charge on any atom is 0.341 e. The summed E-state index contributed by atoms with van der Waals surface area (Å²) in [7, 11) is 1.33. The predicted molar refractivity (Wildman–Crippen MR) is 156 cm³/mol. The zero-order valence-electron chi connectivity index (χ0n) is 21.1. The molecule has 6 nitrogen and oxygen atoms in total. The molecule has 4 aromatic rings. The van der Waals surface area contributed by atoms with Crippen molar-refractivity contribution >= 4 is 71.4 Å². The summed E-state index contributed by atoms with van der Waals surface area (Å²) in [5.74, 6) is -0.292. The van der Waals surface area contributed by atoms with Gasteiger partial charge in [0.05, 0.1) is 12.8 Å². The predicted octanol–water partition coefficient (Wildman–Crippen LogP) is 7.56. The number of aromatic nitrogens is 1. The molecular formula is C28H28BrN3O3S2.